The third-order valence-electron chi connectivity index (χ3n) is 3.81. The van der Waals surface area contributed by atoms with Crippen molar-refractivity contribution in [2.45, 2.75) is 4.90 Å². The Morgan fingerprint density at radius 1 is 1.20 bits per heavy atom. The van der Waals surface area contributed by atoms with E-state index in [1.54, 1.807) is 36.4 Å². The predicted octanol–water partition coefficient (Wildman–Crippen LogP) is 3.77. The molecular weight excluding hydrogens is 366 g/mol. The normalized spacial score (nSPS) is 11.9. The number of nitrogens with zero attached hydrogens (tertiary/aromatic N) is 1. The van der Waals surface area contributed by atoms with Crippen LogP contribution in [0.1, 0.15) is 0 Å². The van der Waals surface area contributed by atoms with Crippen molar-refractivity contribution in [3.05, 3.63) is 47.6 Å². The lowest BCUT2D eigenvalue weighted by molar-refractivity contribution is 0.412. The van der Waals surface area contributed by atoms with Gasteiger partial charge in [0.1, 0.15) is 10.6 Å². The number of methoxy groups -OCH3 is 1. The Labute approximate surface area is 147 Å². The summed E-state index contributed by atoms with van der Waals surface area (Å²) in [6.07, 6.45) is 1.41. The summed E-state index contributed by atoms with van der Waals surface area (Å²) in [5.74, 6) is 0.701. The monoisotopic (exact) mass is 377 g/mol. The number of nitrogens with one attached hydrogen (secondary N) is 2. The van der Waals surface area contributed by atoms with Gasteiger partial charge in [0.2, 0.25) is 0 Å². The summed E-state index contributed by atoms with van der Waals surface area (Å²) < 4.78 is 38.3. The number of ether oxygens (including phenoxy) is 1. The van der Waals surface area contributed by atoms with E-state index >= 15 is 0 Å². The number of hydrogen-bond acceptors (Lipinski definition) is 5. The van der Waals surface area contributed by atoms with Crippen molar-refractivity contribution in [1.29, 1.82) is 0 Å². The Kier molecular flexibility index (Phi) is 3.59. The van der Waals surface area contributed by atoms with E-state index in [0.29, 0.717) is 32.6 Å². The second kappa shape index (κ2) is 5.68. The summed E-state index contributed by atoms with van der Waals surface area (Å²) >= 11 is 5.93. The number of rotatable bonds is 4. The van der Waals surface area contributed by atoms with Crippen LogP contribution in [0.2, 0.25) is 5.02 Å². The highest BCUT2D eigenvalue weighted by atomic mass is 35.5. The van der Waals surface area contributed by atoms with Gasteiger partial charge in [-0.05, 0) is 30.3 Å². The molecule has 2 aromatic carbocycles. The molecular formula is C16H12ClN3O4S. The van der Waals surface area contributed by atoms with Crippen LogP contribution in [0, 0.1) is 0 Å². The van der Waals surface area contributed by atoms with Gasteiger partial charge < -0.3 is 14.2 Å². The van der Waals surface area contributed by atoms with E-state index in [1.807, 2.05) is 0 Å². The number of H-pyrrole nitrogens is 1. The van der Waals surface area contributed by atoms with Gasteiger partial charge in [-0.3, -0.25) is 4.72 Å². The summed E-state index contributed by atoms with van der Waals surface area (Å²) in [7, 11) is -2.33. The van der Waals surface area contributed by atoms with E-state index in [1.165, 1.54) is 13.3 Å². The number of hydrogen-bond donors (Lipinski definition) is 2. The van der Waals surface area contributed by atoms with E-state index in [2.05, 4.69) is 14.9 Å². The van der Waals surface area contributed by atoms with Crippen LogP contribution in [0.3, 0.4) is 0 Å². The Morgan fingerprint density at radius 2 is 2.00 bits per heavy atom. The van der Waals surface area contributed by atoms with Crippen molar-refractivity contribution in [3.63, 3.8) is 0 Å². The lowest BCUT2D eigenvalue weighted by atomic mass is 10.2. The summed E-state index contributed by atoms with van der Waals surface area (Å²) in [4.78, 5) is 3.00. The molecule has 4 rings (SSSR count). The molecule has 0 fully saturated rings. The summed E-state index contributed by atoms with van der Waals surface area (Å²) in [5.41, 5.74) is 1.05. The second-order valence-electron chi connectivity index (χ2n) is 5.34. The van der Waals surface area contributed by atoms with Crippen LogP contribution in [0.4, 0.5) is 5.82 Å². The van der Waals surface area contributed by atoms with Gasteiger partial charge in [-0.2, -0.15) is 0 Å². The van der Waals surface area contributed by atoms with Gasteiger partial charge in [-0.15, -0.1) is 0 Å². The third kappa shape index (κ3) is 2.69. The average Bonchev–Trinajstić information content (AvgIpc) is 3.18. The van der Waals surface area contributed by atoms with Crippen LogP contribution in [-0.4, -0.2) is 25.7 Å². The molecule has 0 unspecified atom stereocenters. The first kappa shape index (κ1) is 15.8. The van der Waals surface area contributed by atoms with E-state index in [9.17, 15) is 8.42 Å². The Balaban J connectivity index is 1.76. The molecule has 0 bridgehead atoms. The summed E-state index contributed by atoms with van der Waals surface area (Å²) in [5, 5.41) is 5.39. The van der Waals surface area contributed by atoms with Crippen LogP contribution in [0.25, 0.3) is 21.9 Å². The molecule has 0 saturated heterocycles. The molecule has 0 amide bonds. The van der Waals surface area contributed by atoms with Gasteiger partial charge in [0.05, 0.1) is 12.5 Å². The lowest BCUT2D eigenvalue weighted by Crippen LogP contribution is -2.12. The highest BCUT2D eigenvalue weighted by Gasteiger charge is 2.22. The van der Waals surface area contributed by atoms with Crippen LogP contribution in [0.15, 0.2) is 52.0 Å². The molecule has 0 atom stereocenters. The molecule has 0 aliphatic rings. The van der Waals surface area contributed by atoms with Crippen molar-refractivity contribution in [2.24, 2.45) is 0 Å². The minimum Gasteiger partial charge on any atom is -0.497 e. The highest BCUT2D eigenvalue weighted by molar-refractivity contribution is 7.93. The maximum atomic E-state index is 12.8. The maximum Gasteiger partial charge on any atom is 0.265 e. The second-order valence-corrected chi connectivity index (χ2v) is 7.43. The molecule has 0 aliphatic carbocycles. The smallest absolute Gasteiger partial charge is 0.265 e. The maximum absolute atomic E-state index is 12.8. The number of halogens is 1. The van der Waals surface area contributed by atoms with Crippen LogP contribution in [0.5, 0.6) is 5.75 Å². The zero-order chi connectivity index (χ0) is 17.6. The largest absolute Gasteiger partial charge is 0.497 e. The van der Waals surface area contributed by atoms with Crippen molar-refractivity contribution in [3.8, 4) is 5.75 Å². The van der Waals surface area contributed by atoms with Gasteiger partial charge in [0.25, 0.3) is 10.0 Å². The van der Waals surface area contributed by atoms with E-state index in [4.69, 9.17) is 20.9 Å². The van der Waals surface area contributed by atoms with Crippen molar-refractivity contribution in [2.75, 3.05) is 11.8 Å². The lowest BCUT2D eigenvalue weighted by Gasteiger charge is -2.04. The quantitative estimate of drug-likeness (QED) is 0.564. The first-order valence-electron chi connectivity index (χ1n) is 7.21. The number of anilines is 1. The fourth-order valence-corrected chi connectivity index (χ4v) is 3.96. The first-order chi connectivity index (χ1) is 12.0. The zero-order valence-corrected chi connectivity index (χ0v) is 14.5. The highest BCUT2D eigenvalue weighted by Crippen LogP contribution is 2.30. The van der Waals surface area contributed by atoms with Crippen molar-refractivity contribution >= 4 is 49.3 Å². The zero-order valence-electron chi connectivity index (χ0n) is 12.9. The minimum atomic E-state index is -3.86. The number of fused-ring (bicyclic) bond motifs is 2. The van der Waals surface area contributed by atoms with Gasteiger partial charge in [-0.1, -0.05) is 16.8 Å². The van der Waals surface area contributed by atoms with Crippen LogP contribution < -0.4 is 9.46 Å². The predicted molar refractivity (Wildman–Crippen MR) is 94.7 cm³/mol. The standard InChI is InChI=1S/C16H12ClN3O4S/c1-23-10-3-5-12-14(7-10)24-19-16(12)20-25(21,22)15-8-18-13-6-9(17)2-4-11(13)15/h2-8,18H,1H3,(H,19,20). The van der Waals surface area contributed by atoms with Crippen molar-refractivity contribution in [1.82, 2.24) is 10.1 Å². The molecule has 0 radical (unpaired) electrons. The first-order valence-corrected chi connectivity index (χ1v) is 9.07. The van der Waals surface area contributed by atoms with E-state index in [-0.39, 0.29) is 10.7 Å². The van der Waals surface area contributed by atoms with Crippen molar-refractivity contribution < 1.29 is 17.7 Å². The van der Waals surface area contributed by atoms with Gasteiger partial charge in [0, 0.05) is 28.2 Å². The van der Waals surface area contributed by atoms with Crippen LogP contribution >= 0.6 is 11.6 Å². The SMILES string of the molecule is COc1ccc2c(NS(=O)(=O)c3c[nH]c4cc(Cl)ccc34)noc2c1. The topological polar surface area (TPSA) is 97.2 Å². The van der Waals surface area contributed by atoms with E-state index in [0.717, 1.165) is 0 Å². The molecule has 128 valence electrons. The van der Waals surface area contributed by atoms with Crippen LogP contribution in [-0.2, 0) is 10.0 Å². The summed E-state index contributed by atoms with van der Waals surface area (Å²) in [6.45, 7) is 0. The molecule has 9 heteroatoms. The number of aromatic nitrogens is 2. The molecule has 2 aromatic heterocycles. The fourth-order valence-electron chi connectivity index (χ4n) is 2.59. The molecule has 2 N–H and O–H groups in total. The Morgan fingerprint density at radius 3 is 2.80 bits per heavy atom. The molecule has 0 saturated carbocycles. The Bertz CT molecular complexity index is 1200. The number of aromatic amines is 1. The van der Waals surface area contributed by atoms with Gasteiger partial charge in [0.15, 0.2) is 11.4 Å². The fraction of sp³-hybridized carbons (Fsp3) is 0.0625. The molecule has 25 heavy (non-hydrogen) atoms. The molecule has 0 aliphatic heterocycles. The third-order valence-corrected chi connectivity index (χ3v) is 5.42. The Hall–Kier alpha value is -2.71. The average molecular weight is 378 g/mol. The van der Waals surface area contributed by atoms with Gasteiger partial charge in [-0.25, -0.2) is 8.42 Å². The molecule has 0 spiro atoms. The van der Waals surface area contributed by atoms with E-state index < -0.39 is 10.0 Å². The molecule has 4 aromatic rings. The minimum absolute atomic E-state index is 0.101. The number of benzene rings is 2. The molecule has 2 heterocycles. The summed E-state index contributed by atoms with van der Waals surface area (Å²) in [6, 6.07) is 9.95. The number of sulfonamides is 1. The van der Waals surface area contributed by atoms with Gasteiger partial charge >= 0.3 is 0 Å². The molecule has 7 nitrogen and oxygen atoms in total.